The van der Waals surface area contributed by atoms with E-state index in [0.29, 0.717) is 12.6 Å². The van der Waals surface area contributed by atoms with Gasteiger partial charge in [0.15, 0.2) is 0 Å². The molecule has 0 radical (unpaired) electrons. The fraction of sp³-hybridized carbons (Fsp3) is 0.727. The van der Waals surface area contributed by atoms with Crippen LogP contribution in [0.2, 0.25) is 0 Å². The lowest BCUT2D eigenvalue weighted by Gasteiger charge is -2.15. The molecule has 84 valence electrons. The number of hydrogen-bond donors (Lipinski definition) is 1. The molecule has 0 spiro atoms. The molecule has 1 N–H and O–H groups in total. The molecule has 0 bridgehead atoms. The molecular formula is C11H18N2O2. The van der Waals surface area contributed by atoms with Gasteiger partial charge in [0.25, 0.3) is 0 Å². The molecule has 1 fully saturated rings. The highest BCUT2D eigenvalue weighted by atomic mass is 16.5. The van der Waals surface area contributed by atoms with Crippen molar-refractivity contribution in [2.75, 3.05) is 13.7 Å². The first-order valence-corrected chi connectivity index (χ1v) is 5.43. The maximum Gasteiger partial charge on any atom is 0.208 e. The van der Waals surface area contributed by atoms with E-state index in [1.165, 1.54) is 12.8 Å². The SMILES string of the molecule is COC[C@H](NCc1ncc(C)o1)C1CC1. The van der Waals surface area contributed by atoms with E-state index in [4.69, 9.17) is 9.15 Å². The summed E-state index contributed by atoms with van der Waals surface area (Å²) < 4.78 is 10.6. The molecule has 0 aromatic carbocycles. The number of methoxy groups -OCH3 is 1. The first kappa shape index (κ1) is 10.6. The highest BCUT2D eigenvalue weighted by Crippen LogP contribution is 2.32. The molecule has 0 saturated heterocycles. The lowest BCUT2D eigenvalue weighted by atomic mass is 10.2. The third kappa shape index (κ3) is 3.04. The lowest BCUT2D eigenvalue weighted by Crippen LogP contribution is -2.34. The Kier molecular flexibility index (Phi) is 3.38. The van der Waals surface area contributed by atoms with Crippen LogP contribution >= 0.6 is 0 Å². The van der Waals surface area contributed by atoms with Gasteiger partial charge < -0.3 is 14.5 Å². The summed E-state index contributed by atoms with van der Waals surface area (Å²) in [6, 6.07) is 0.446. The van der Waals surface area contributed by atoms with Crippen LogP contribution in [0.1, 0.15) is 24.5 Å². The Bertz CT molecular complexity index is 307. The predicted molar refractivity (Wildman–Crippen MR) is 56.5 cm³/mol. The predicted octanol–water partition coefficient (Wildman–Crippen LogP) is 1.50. The number of nitrogens with one attached hydrogen (secondary N) is 1. The van der Waals surface area contributed by atoms with Crippen LogP contribution in [-0.2, 0) is 11.3 Å². The molecule has 4 heteroatoms. The molecule has 2 rings (SSSR count). The van der Waals surface area contributed by atoms with E-state index in [-0.39, 0.29) is 0 Å². The molecule has 1 saturated carbocycles. The van der Waals surface area contributed by atoms with Crippen molar-refractivity contribution in [1.82, 2.24) is 10.3 Å². The molecule has 1 aliphatic rings. The van der Waals surface area contributed by atoms with Gasteiger partial charge in [-0.25, -0.2) is 4.98 Å². The molecular weight excluding hydrogens is 192 g/mol. The minimum absolute atomic E-state index is 0.446. The summed E-state index contributed by atoms with van der Waals surface area (Å²) in [7, 11) is 1.74. The number of rotatable bonds is 6. The van der Waals surface area contributed by atoms with Gasteiger partial charge >= 0.3 is 0 Å². The summed E-state index contributed by atoms with van der Waals surface area (Å²) in [5.41, 5.74) is 0. The van der Waals surface area contributed by atoms with Gasteiger partial charge in [0.2, 0.25) is 5.89 Å². The highest BCUT2D eigenvalue weighted by Gasteiger charge is 2.30. The first-order valence-electron chi connectivity index (χ1n) is 5.43. The van der Waals surface area contributed by atoms with Crippen molar-refractivity contribution in [2.24, 2.45) is 5.92 Å². The standard InChI is InChI=1S/C11H18N2O2/c1-8-5-13-11(15-8)6-12-10(7-14-2)9-3-4-9/h5,9-10,12H,3-4,6-7H2,1-2H3/t10-/m0/s1. The zero-order valence-electron chi connectivity index (χ0n) is 9.32. The minimum atomic E-state index is 0.446. The summed E-state index contributed by atoms with van der Waals surface area (Å²) in [6.07, 6.45) is 4.37. The second-order valence-corrected chi connectivity index (χ2v) is 4.14. The third-order valence-electron chi connectivity index (χ3n) is 2.72. The largest absolute Gasteiger partial charge is 0.445 e. The summed E-state index contributed by atoms with van der Waals surface area (Å²) in [4.78, 5) is 4.16. The molecule has 4 nitrogen and oxygen atoms in total. The van der Waals surface area contributed by atoms with Crippen LogP contribution in [0.4, 0.5) is 0 Å². The van der Waals surface area contributed by atoms with Crippen LogP contribution in [0, 0.1) is 12.8 Å². The fourth-order valence-corrected chi connectivity index (χ4v) is 1.74. The molecule has 0 amide bonds. The summed E-state index contributed by atoms with van der Waals surface area (Å²) >= 11 is 0. The van der Waals surface area contributed by atoms with Gasteiger partial charge in [-0.3, -0.25) is 0 Å². The average Bonchev–Trinajstić information content (AvgIpc) is 2.97. The van der Waals surface area contributed by atoms with Crippen LogP contribution in [-0.4, -0.2) is 24.7 Å². The molecule has 15 heavy (non-hydrogen) atoms. The Morgan fingerprint density at radius 2 is 2.47 bits per heavy atom. The van der Waals surface area contributed by atoms with Crippen molar-refractivity contribution in [3.63, 3.8) is 0 Å². The van der Waals surface area contributed by atoms with Crippen LogP contribution in [0.15, 0.2) is 10.6 Å². The van der Waals surface area contributed by atoms with E-state index in [0.717, 1.165) is 24.2 Å². The van der Waals surface area contributed by atoms with E-state index in [1.54, 1.807) is 13.3 Å². The summed E-state index contributed by atoms with van der Waals surface area (Å²) in [5, 5.41) is 3.43. The van der Waals surface area contributed by atoms with E-state index in [1.807, 2.05) is 6.92 Å². The number of nitrogens with zero attached hydrogens (tertiary/aromatic N) is 1. The Morgan fingerprint density at radius 1 is 1.67 bits per heavy atom. The summed E-state index contributed by atoms with van der Waals surface area (Å²) in [6.45, 7) is 3.37. The van der Waals surface area contributed by atoms with Crippen molar-refractivity contribution in [2.45, 2.75) is 32.4 Å². The van der Waals surface area contributed by atoms with Gasteiger partial charge in [0.1, 0.15) is 5.76 Å². The van der Waals surface area contributed by atoms with Gasteiger partial charge in [-0.05, 0) is 25.7 Å². The minimum Gasteiger partial charge on any atom is -0.445 e. The average molecular weight is 210 g/mol. The zero-order chi connectivity index (χ0) is 10.7. The number of ether oxygens (including phenoxy) is 1. The van der Waals surface area contributed by atoms with Crippen molar-refractivity contribution < 1.29 is 9.15 Å². The van der Waals surface area contributed by atoms with Crippen molar-refractivity contribution in [3.05, 3.63) is 17.8 Å². The fourth-order valence-electron chi connectivity index (χ4n) is 1.74. The number of aromatic nitrogens is 1. The lowest BCUT2D eigenvalue weighted by molar-refractivity contribution is 0.155. The zero-order valence-corrected chi connectivity index (χ0v) is 9.32. The number of aryl methyl sites for hydroxylation is 1. The maximum absolute atomic E-state index is 5.40. The monoisotopic (exact) mass is 210 g/mol. The Morgan fingerprint density at radius 3 is 3.00 bits per heavy atom. The first-order chi connectivity index (χ1) is 7.29. The number of hydrogen-bond acceptors (Lipinski definition) is 4. The van der Waals surface area contributed by atoms with E-state index >= 15 is 0 Å². The molecule has 0 unspecified atom stereocenters. The van der Waals surface area contributed by atoms with Crippen LogP contribution in [0.3, 0.4) is 0 Å². The third-order valence-corrected chi connectivity index (χ3v) is 2.72. The van der Waals surface area contributed by atoms with Gasteiger partial charge in [-0.15, -0.1) is 0 Å². The Hall–Kier alpha value is -0.870. The quantitative estimate of drug-likeness (QED) is 0.773. The van der Waals surface area contributed by atoms with Crippen molar-refractivity contribution >= 4 is 0 Å². The molecule has 1 atom stereocenters. The van der Waals surface area contributed by atoms with Crippen molar-refractivity contribution in [3.8, 4) is 0 Å². The van der Waals surface area contributed by atoms with Crippen molar-refractivity contribution in [1.29, 1.82) is 0 Å². The molecule has 1 heterocycles. The van der Waals surface area contributed by atoms with Crippen LogP contribution in [0.25, 0.3) is 0 Å². The molecule has 1 aromatic heterocycles. The molecule has 0 aliphatic heterocycles. The van der Waals surface area contributed by atoms with Gasteiger partial charge in [-0.1, -0.05) is 0 Å². The topological polar surface area (TPSA) is 47.3 Å². The Balaban J connectivity index is 1.79. The van der Waals surface area contributed by atoms with E-state index in [9.17, 15) is 0 Å². The molecule has 1 aliphatic carbocycles. The van der Waals surface area contributed by atoms with E-state index < -0.39 is 0 Å². The smallest absolute Gasteiger partial charge is 0.208 e. The van der Waals surface area contributed by atoms with Gasteiger partial charge in [-0.2, -0.15) is 0 Å². The second-order valence-electron chi connectivity index (χ2n) is 4.14. The van der Waals surface area contributed by atoms with Crippen LogP contribution < -0.4 is 5.32 Å². The second kappa shape index (κ2) is 4.77. The van der Waals surface area contributed by atoms with Gasteiger partial charge in [0.05, 0.1) is 19.3 Å². The number of oxazole rings is 1. The maximum atomic E-state index is 5.40. The Labute approximate surface area is 90.0 Å². The van der Waals surface area contributed by atoms with Gasteiger partial charge in [0, 0.05) is 13.2 Å². The van der Waals surface area contributed by atoms with E-state index in [2.05, 4.69) is 10.3 Å². The normalized spacial score (nSPS) is 18.0. The van der Waals surface area contributed by atoms with Crippen LogP contribution in [0.5, 0.6) is 0 Å². The summed E-state index contributed by atoms with van der Waals surface area (Å²) in [5.74, 6) is 2.40. The highest BCUT2D eigenvalue weighted by molar-refractivity contribution is 4.92. The molecule has 1 aromatic rings.